The molecule has 6 nitrogen and oxygen atoms in total. The Hall–Kier alpha value is -1.29. The van der Waals surface area contributed by atoms with Gasteiger partial charge in [-0.15, -0.1) is 11.3 Å². The van der Waals surface area contributed by atoms with Crippen molar-refractivity contribution in [3.05, 3.63) is 35.0 Å². The van der Waals surface area contributed by atoms with Crippen LogP contribution in [0.5, 0.6) is 0 Å². The summed E-state index contributed by atoms with van der Waals surface area (Å²) in [5.74, 6) is 0. The van der Waals surface area contributed by atoms with Crippen LogP contribution in [0.2, 0.25) is 0 Å². The van der Waals surface area contributed by atoms with Crippen LogP contribution in [0.4, 0.5) is 0 Å². The van der Waals surface area contributed by atoms with Gasteiger partial charge in [-0.3, -0.25) is 4.68 Å². The Bertz CT molecular complexity index is 732. The summed E-state index contributed by atoms with van der Waals surface area (Å²) in [4.78, 5) is 0.791. The smallest absolute Gasteiger partial charge is 0.252 e. The van der Waals surface area contributed by atoms with Crippen LogP contribution in [0, 0.1) is 0 Å². The third kappa shape index (κ3) is 3.06. The monoisotopic (exact) mass is 330 g/mol. The molecule has 0 radical (unpaired) electrons. The minimum Gasteiger partial charge on any atom is -0.389 e. The molecule has 108 valence electrons. The quantitative estimate of drug-likeness (QED) is 0.825. The molecule has 0 aliphatic heterocycles. The molecule has 0 spiro atoms. The Morgan fingerprint density at radius 2 is 2.25 bits per heavy atom. The van der Waals surface area contributed by atoms with Gasteiger partial charge in [-0.05, 0) is 12.1 Å². The van der Waals surface area contributed by atoms with Crippen molar-refractivity contribution in [1.82, 2.24) is 14.1 Å². The van der Waals surface area contributed by atoms with Gasteiger partial charge in [-0.25, -0.2) is 8.42 Å². The first-order valence-electron chi connectivity index (χ1n) is 5.64. The van der Waals surface area contributed by atoms with Crippen LogP contribution >= 0.6 is 23.6 Å². The van der Waals surface area contributed by atoms with Crippen LogP contribution < -0.4 is 5.73 Å². The van der Waals surface area contributed by atoms with Gasteiger partial charge < -0.3 is 5.73 Å². The van der Waals surface area contributed by atoms with Crippen molar-refractivity contribution in [3.8, 4) is 0 Å². The van der Waals surface area contributed by atoms with Gasteiger partial charge in [0.2, 0.25) is 0 Å². The second-order valence-corrected chi connectivity index (χ2v) is 8.06. The van der Waals surface area contributed by atoms with E-state index < -0.39 is 10.0 Å². The van der Waals surface area contributed by atoms with Crippen LogP contribution in [-0.2, 0) is 23.6 Å². The molecular formula is C11H14N4O2S3. The van der Waals surface area contributed by atoms with Gasteiger partial charge in [0.25, 0.3) is 10.0 Å². The Morgan fingerprint density at radius 1 is 1.55 bits per heavy atom. The van der Waals surface area contributed by atoms with Crippen LogP contribution in [0.3, 0.4) is 0 Å². The van der Waals surface area contributed by atoms with Crippen LogP contribution in [0.25, 0.3) is 0 Å². The van der Waals surface area contributed by atoms with Crippen molar-refractivity contribution in [1.29, 1.82) is 0 Å². The number of sulfonamides is 1. The van der Waals surface area contributed by atoms with E-state index in [-0.39, 0.29) is 15.7 Å². The first-order chi connectivity index (χ1) is 9.30. The maximum atomic E-state index is 12.4. The van der Waals surface area contributed by atoms with Crippen molar-refractivity contribution in [2.24, 2.45) is 12.8 Å². The minimum absolute atomic E-state index is 0.200. The maximum absolute atomic E-state index is 12.4. The van der Waals surface area contributed by atoms with E-state index in [1.54, 1.807) is 30.2 Å². The summed E-state index contributed by atoms with van der Waals surface area (Å²) in [6, 6.07) is 3.14. The second-order valence-electron chi connectivity index (χ2n) is 4.27. The van der Waals surface area contributed by atoms with Crippen molar-refractivity contribution < 1.29 is 8.42 Å². The predicted molar refractivity (Wildman–Crippen MR) is 82.1 cm³/mol. The molecule has 0 aliphatic rings. The summed E-state index contributed by atoms with van der Waals surface area (Å²) < 4.78 is 27.9. The van der Waals surface area contributed by atoms with E-state index in [1.807, 2.05) is 0 Å². The van der Waals surface area contributed by atoms with Crippen LogP contribution in [0.15, 0.2) is 28.7 Å². The Morgan fingerprint density at radius 3 is 2.75 bits per heavy atom. The second kappa shape index (κ2) is 5.60. The number of aromatic nitrogens is 2. The molecule has 2 aromatic heterocycles. The Labute approximate surface area is 126 Å². The molecule has 0 saturated heterocycles. The predicted octanol–water partition coefficient (Wildman–Crippen LogP) is 0.937. The minimum atomic E-state index is -3.54. The van der Waals surface area contributed by atoms with E-state index in [0.717, 1.165) is 16.9 Å². The molecule has 0 aliphatic carbocycles. The highest BCUT2D eigenvalue weighted by Crippen LogP contribution is 2.25. The van der Waals surface area contributed by atoms with Gasteiger partial charge in [0.15, 0.2) is 0 Å². The standard InChI is InChI=1S/C11H14N4O2S3/c1-14-6-8(5-13-14)7-15(2)20(16,17)10-4-3-9(19-10)11(12)18/h3-6H,7H2,1-2H3,(H2,12,18). The van der Waals surface area contributed by atoms with Crippen molar-refractivity contribution in [3.63, 3.8) is 0 Å². The zero-order valence-electron chi connectivity index (χ0n) is 11.0. The highest BCUT2D eigenvalue weighted by Gasteiger charge is 2.23. The SMILES string of the molecule is CN(Cc1cnn(C)c1)S(=O)(=O)c1ccc(C(N)=S)s1. The first kappa shape index (κ1) is 15.1. The maximum Gasteiger partial charge on any atom is 0.252 e. The molecule has 0 unspecified atom stereocenters. The lowest BCUT2D eigenvalue weighted by Gasteiger charge is -2.14. The van der Waals surface area contributed by atoms with E-state index >= 15 is 0 Å². The lowest BCUT2D eigenvalue weighted by atomic mass is 10.4. The molecule has 2 N–H and O–H groups in total. The number of nitrogens with zero attached hydrogens (tertiary/aromatic N) is 3. The molecule has 0 fully saturated rings. The van der Waals surface area contributed by atoms with Gasteiger partial charge in [0.1, 0.15) is 9.20 Å². The lowest BCUT2D eigenvalue weighted by molar-refractivity contribution is 0.468. The number of nitrogens with two attached hydrogens (primary N) is 1. The fourth-order valence-electron chi connectivity index (χ4n) is 1.64. The third-order valence-corrected chi connectivity index (χ3v) is 6.39. The van der Waals surface area contributed by atoms with Gasteiger partial charge >= 0.3 is 0 Å². The molecule has 0 amide bonds. The molecule has 2 rings (SSSR count). The molecule has 9 heteroatoms. The summed E-state index contributed by atoms with van der Waals surface area (Å²) in [6.45, 7) is 0.260. The zero-order valence-corrected chi connectivity index (χ0v) is 13.4. The molecule has 0 atom stereocenters. The summed E-state index contributed by atoms with van der Waals surface area (Å²) in [5.41, 5.74) is 6.32. The van der Waals surface area contributed by atoms with Gasteiger partial charge in [-0.2, -0.15) is 9.40 Å². The molecule has 0 aromatic carbocycles. The molecule has 20 heavy (non-hydrogen) atoms. The molecule has 2 heterocycles. The van der Waals surface area contributed by atoms with E-state index in [9.17, 15) is 8.42 Å². The lowest BCUT2D eigenvalue weighted by Crippen LogP contribution is -2.25. The summed E-state index contributed by atoms with van der Waals surface area (Å²) >= 11 is 5.92. The number of thiophene rings is 1. The van der Waals surface area contributed by atoms with Gasteiger partial charge in [0, 0.05) is 32.4 Å². The van der Waals surface area contributed by atoms with Crippen molar-refractivity contribution in [2.45, 2.75) is 10.8 Å². The summed E-state index contributed by atoms with van der Waals surface area (Å²) in [7, 11) is -0.227. The number of aryl methyl sites for hydroxylation is 1. The van der Waals surface area contributed by atoms with Crippen LogP contribution in [0.1, 0.15) is 10.4 Å². The topological polar surface area (TPSA) is 81.2 Å². The highest BCUT2D eigenvalue weighted by molar-refractivity contribution is 7.91. The number of hydrogen-bond acceptors (Lipinski definition) is 5. The fourth-order valence-corrected chi connectivity index (χ4v) is 4.36. The molecule has 0 saturated carbocycles. The number of rotatable bonds is 5. The van der Waals surface area contributed by atoms with Crippen LogP contribution in [-0.4, -0.2) is 34.5 Å². The van der Waals surface area contributed by atoms with Crippen molar-refractivity contribution in [2.75, 3.05) is 7.05 Å². The third-order valence-electron chi connectivity index (χ3n) is 2.65. The van der Waals surface area contributed by atoms with E-state index in [1.165, 1.54) is 17.4 Å². The number of thiocarbonyl (C=S) groups is 1. The van der Waals surface area contributed by atoms with Gasteiger partial charge in [-0.1, -0.05) is 12.2 Å². The largest absolute Gasteiger partial charge is 0.389 e. The van der Waals surface area contributed by atoms with Gasteiger partial charge in [0.05, 0.1) is 11.1 Å². The van der Waals surface area contributed by atoms with E-state index in [4.69, 9.17) is 18.0 Å². The molecule has 0 bridgehead atoms. The summed E-state index contributed by atoms with van der Waals surface area (Å²) in [5, 5.41) is 4.02. The zero-order chi connectivity index (χ0) is 14.9. The summed E-state index contributed by atoms with van der Waals surface area (Å²) in [6.07, 6.45) is 3.42. The Kier molecular flexibility index (Phi) is 4.23. The molecular weight excluding hydrogens is 316 g/mol. The Balaban J connectivity index is 2.22. The highest BCUT2D eigenvalue weighted by atomic mass is 32.2. The average Bonchev–Trinajstić information content (AvgIpc) is 2.98. The molecule has 2 aromatic rings. The fraction of sp³-hybridized carbons (Fsp3) is 0.273. The normalized spacial score (nSPS) is 11.9. The average molecular weight is 330 g/mol. The first-order valence-corrected chi connectivity index (χ1v) is 8.30. The van der Waals surface area contributed by atoms with Crippen molar-refractivity contribution >= 4 is 38.6 Å². The number of hydrogen-bond donors (Lipinski definition) is 1. The van der Waals surface area contributed by atoms with E-state index in [2.05, 4.69) is 5.10 Å². The van der Waals surface area contributed by atoms with E-state index in [0.29, 0.717) is 4.88 Å².